The number of aliphatic imine (C=N–C) groups is 1. The SMILES string of the molecule is CC(C)(C)NC1=NCCC=C1c1ccccc1. The van der Waals surface area contributed by atoms with Crippen LogP contribution < -0.4 is 5.32 Å². The van der Waals surface area contributed by atoms with Crippen molar-refractivity contribution in [3.05, 3.63) is 42.0 Å². The number of nitrogens with zero attached hydrogens (tertiary/aromatic N) is 1. The summed E-state index contributed by atoms with van der Waals surface area (Å²) in [5.41, 5.74) is 2.51. The summed E-state index contributed by atoms with van der Waals surface area (Å²) in [6.07, 6.45) is 3.30. The quantitative estimate of drug-likeness (QED) is 0.784. The van der Waals surface area contributed by atoms with Crippen LogP contribution in [0.25, 0.3) is 5.57 Å². The Morgan fingerprint density at radius 3 is 2.47 bits per heavy atom. The Kier molecular flexibility index (Phi) is 3.32. The predicted octanol–water partition coefficient (Wildman–Crippen LogP) is 3.26. The molecule has 0 saturated carbocycles. The van der Waals surface area contributed by atoms with Gasteiger partial charge in [-0.15, -0.1) is 0 Å². The van der Waals surface area contributed by atoms with Crippen LogP contribution in [0.15, 0.2) is 41.4 Å². The van der Waals surface area contributed by atoms with Crippen molar-refractivity contribution in [2.45, 2.75) is 32.7 Å². The topological polar surface area (TPSA) is 24.4 Å². The molecule has 2 nitrogen and oxygen atoms in total. The Labute approximate surface area is 103 Å². The maximum absolute atomic E-state index is 4.61. The summed E-state index contributed by atoms with van der Waals surface area (Å²) in [5, 5.41) is 3.49. The number of nitrogens with one attached hydrogen (secondary N) is 1. The van der Waals surface area contributed by atoms with Crippen LogP contribution in [0.1, 0.15) is 32.8 Å². The third-order valence-electron chi connectivity index (χ3n) is 2.58. The van der Waals surface area contributed by atoms with Crippen molar-refractivity contribution in [1.82, 2.24) is 5.32 Å². The minimum Gasteiger partial charge on any atom is -0.365 e. The highest BCUT2D eigenvalue weighted by Crippen LogP contribution is 2.20. The molecule has 90 valence electrons. The van der Waals surface area contributed by atoms with E-state index in [0.717, 1.165) is 18.8 Å². The maximum atomic E-state index is 4.61. The van der Waals surface area contributed by atoms with Crippen LogP contribution in [0.3, 0.4) is 0 Å². The zero-order valence-electron chi connectivity index (χ0n) is 10.8. The molecule has 2 heteroatoms. The highest BCUT2D eigenvalue weighted by atomic mass is 15.0. The van der Waals surface area contributed by atoms with E-state index >= 15 is 0 Å². The zero-order chi connectivity index (χ0) is 12.3. The van der Waals surface area contributed by atoms with E-state index in [4.69, 9.17) is 0 Å². The van der Waals surface area contributed by atoms with Gasteiger partial charge in [-0.2, -0.15) is 0 Å². The van der Waals surface area contributed by atoms with Crippen LogP contribution in [0.4, 0.5) is 0 Å². The van der Waals surface area contributed by atoms with Crippen molar-refractivity contribution in [2.24, 2.45) is 4.99 Å². The van der Waals surface area contributed by atoms with Crippen LogP contribution in [-0.4, -0.2) is 17.9 Å². The second kappa shape index (κ2) is 4.74. The van der Waals surface area contributed by atoms with Crippen molar-refractivity contribution < 1.29 is 0 Å². The number of dihydropyridines is 1. The summed E-state index contributed by atoms with van der Waals surface area (Å²) < 4.78 is 0. The van der Waals surface area contributed by atoms with Gasteiger partial charge < -0.3 is 5.32 Å². The summed E-state index contributed by atoms with van der Waals surface area (Å²) in [7, 11) is 0. The molecule has 2 rings (SSSR count). The largest absolute Gasteiger partial charge is 0.365 e. The number of rotatable bonds is 1. The van der Waals surface area contributed by atoms with E-state index in [2.05, 4.69) is 61.4 Å². The van der Waals surface area contributed by atoms with Crippen LogP contribution in [0.5, 0.6) is 0 Å². The molecule has 0 radical (unpaired) electrons. The van der Waals surface area contributed by atoms with E-state index < -0.39 is 0 Å². The summed E-state index contributed by atoms with van der Waals surface area (Å²) in [5.74, 6) is 1.02. The Morgan fingerprint density at radius 2 is 1.82 bits per heavy atom. The van der Waals surface area contributed by atoms with Crippen molar-refractivity contribution in [2.75, 3.05) is 6.54 Å². The molecule has 1 aliphatic rings. The highest BCUT2D eigenvalue weighted by Gasteiger charge is 2.18. The van der Waals surface area contributed by atoms with Crippen LogP contribution in [-0.2, 0) is 0 Å². The first-order valence-electron chi connectivity index (χ1n) is 6.15. The summed E-state index contributed by atoms with van der Waals surface area (Å²) in [6, 6.07) is 10.5. The molecular weight excluding hydrogens is 208 g/mol. The van der Waals surface area contributed by atoms with Crippen LogP contribution in [0, 0.1) is 0 Å². The molecule has 17 heavy (non-hydrogen) atoms. The molecule has 1 aromatic rings. The first-order chi connectivity index (χ1) is 8.06. The third-order valence-corrected chi connectivity index (χ3v) is 2.58. The standard InChI is InChI=1S/C15H20N2/c1-15(2,3)17-14-13(10-7-11-16-14)12-8-5-4-6-9-12/h4-6,8-10H,7,11H2,1-3H3,(H,16,17). The molecule has 1 aliphatic heterocycles. The van der Waals surface area contributed by atoms with Crippen LogP contribution >= 0.6 is 0 Å². The number of hydrogen-bond acceptors (Lipinski definition) is 2. The van der Waals surface area contributed by atoms with E-state index in [0.29, 0.717) is 0 Å². The third kappa shape index (κ3) is 3.19. The number of hydrogen-bond donors (Lipinski definition) is 1. The summed E-state index contributed by atoms with van der Waals surface area (Å²) in [6.45, 7) is 7.36. The van der Waals surface area contributed by atoms with Gasteiger partial charge in [0.25, 0.3) is 0 Å². The average molecular weight is 228 g/mol. The zero-order valence-corrected chi connectivity index (χ0v) is 10.8. The fourth-order valence-corrected chi connectivity index (χ4v) is 1.90. The Morgan fingerprint density at radius 1 is 1.12 bits per heavy atom. The Hall–Kier alpha value is -1.57. The molecule has 1 aromatic carbocycles. The van der Waals surface area contributed by atoms with E-state index in [-0.39, 0.29) is 5.54 Å². The van der Waals surface area contributed by atoms with Crippen molar-refractivity contribution in [1.29, 1.82) is 0 Å². The second-order valence-electron chi connectivity index (χ2n) is 5.38. The van der Waals surface area contributed by atoms with Gasteiger partial charge in [0.1, 0.15) is 5.84 Å². The Bertz CT molecular complexity index is 436. The fourth-order valence-electron chi connectivity index (χ4n) is 1.90. The molecule has 1 N–H and O–H groups in total. The fraction of sp³-hybridized carbons (Fsp3) is 0.400. The van der Waals surface area contributed by atoms with Crippen LogP contribution in [0.2, 0.25) is 0 Å². The van der Waals surface area contributed by atoms with Gasteiger partial charge in [0.05, 0.1) is 0 Å². The lowest BCUT2D eigenvalue weighted by atomic mass is 9.99. The lowest BCUT2D eigenvalue weighted by molar-refractivity contribution is 0.512. The molecule has 0 saturated heterocycles. The lowest BCUT2D eigenvalue weighted by Gasteiger charge is -2.26. The molecule has 0 atom stereocenters. The van der Waals surface area contributed by atoms with E-state index in [9.17, 15) is 0 Å². The van der Waals surface area contributed by atoms with Gasteiger partial charge in [0.15, 0.2) is 0 Å². The van der Waals surface area contributed by atoms with Gasteiger partial charge in [-0.25, -0.2) is 0 Å². The van der Waals surface area contributed by atoms with Gasteiger partial charge in [0, 0.05) is 17.7 Å². The van der Waals surface area contributed by atoms with Crippen molar-refractivity contribution >= 4 is 11.4 Å². The molecule has 0 fully saturated rings. The highest BCUT2D eigenvalue weighted by molar-refractivity contribution is 6.23. The van der Waals surface area contributed by atoms with E-state index in [1.807, 2.05) is 6.07 Å². The van der Waals surface area contributed by atoms with Gasteiger partial charge in [-0.1, -0.05) is 36.4 Å². The van der Waals surface area contributed by atoms with Gasteiger partial charge >= 0.3 is 0 Å². The molecule has 0 aliphatic carbocycles. The predicted molar refractivity (Wildman–Crippen MR) is 74.2 cm³/mol. The molecule has 1 heterocycles. The van der Waals surface area contributed by atoms with Gasteiger partial charge in [0.2, 0.25) is 0 Å². The first kappa shape index (κ1) is 11.9. The maximum Gasteiger partial charge on any atom is 0.128 e. The van der Waals surface area contributed by atoms with Gasteiger partial charge in [-0.3, -0.25) is 4.99 Å². The van der Waals surface area contributed by atoms with E-state index in [1.54, 1.807) is 0 Å². The molecule has 0 aromatic heterocycles. The molecule has 0 amide bonds. The minimum absolute atomic E-state index is 0.0457. The van der Waals surface area contributed by atoms with E-state index in [1.165, 1.54) is 11.1 Å². The molecule has 0 unspecified atom stereocenters. The number of amidine groups is 1. The Balaban J connectivity index is 2.27. The average Bonchev–Trinajstić information content (AvgIpc) is 2.29. The minimum atomic E-state index is 0.0457. The molecule has 0 bridgehead atoms. The first-order valence-corrected chi connectivity index (χ1v) is 6.15. The lowest BCUT2D eigenvalue weighted by Crippen LogP contribution is -2.41. The second-order valence-corrected chi connectivity index (χ2v) is 5.38. The smallest absolute Gasteiger partial charge is 0.128 e. The molecule has 0 spiro atoms. The molecular formula is C15H20N2. The normalized spacial score (nSPS) is 16.2. The summed E-state index contributed by atoms with van der Waals surface area (Å²) >= 11 is 0. The van der Waals surface area contributed by atoms with Crippen molar-refractivity contribution in [3.63, 3.8) is 0 Å². The van der Waals surface area contributed by atoms with Crippen molar-refractivity contribution in [3.8, 4) is 0 Å². The summed E-state index contributed by atoms with van der Waals surface area (Å²) in [4.78, 5) is 4.61. The number of benzene rings is 1. The monoisotopic (exact) mass is 228 g/mol. The van der Waals surface area contributed by atoms with Gasteiger partial charge in [-0.05, 0) is 32.8 Å².